The smallest absolute Gasteiger partial charge is 0.416 e. The summed E-state index contributed by atoms with van der Waals surface area (Å²) >= 11 is 0. The summed E-state index contributed by atoms with van der Waals surface area (Å²) in [5, 5.41) is 20.4. The molecule has 0 saturated carbocycles. The zero-order valence-electron chi connectivity index (χ0n) is 12.9. The van der Waals surface area contributed by atoms with Crippen molar-refractivity contribution < 1.29 is 46.1 Å². The predicted molar refractivity (Wildman–Crippen MR) is 79.5 cm³/mol. The van der Waals surface area contributed by atoms with Crippen molar-refractivity contribution in [1.29, 1.82) is 0 Å². The van der Waals surface area contributed by atoms with Crippen molar-refractivity contribution in [3.63, 3.8) is 0 Å². The number of aromatic hydroxyl groups is 1. The number of amides is 1. The first-order valence-electron chi connectivity index (χ1n) is 6.96. The van der Waals surface area contributed by atoms with Crippen LogP contribution in [0.15, 0.2) is 36.4 Å². The molecule has 1 amide bonds. The Kier molecular flexibility index (Phi) is 5.07. The summed E-state index contributed by atoms with van der Waals surface area (Å²) in [5.41, 5.74) is -5.22. The number of phenols is 1. The van der Waals surface area contributed by atoms with Crippen molar-refractivity contribution >= 4 is 17.6 Å². The van der Waals surface area contributed by atoms with Crippen LogP contribution in [0.2, 0.25) is 0 Å². The Morgan fingerprint density at radius 2 is 1.33 bits per heavy atom. The molecule has 0 bridgehead atoms. The minimum absolute atomic E-state index is 0.140. The minimum atomic E-state index is -5.14. The maximum Gasteiger partial charge on any atom is 0.416 e. The summed E-state index contributed by atoms with van der Waals surface area (Å²) in [7, 11) is 0. The molecule has 0 heterocycles. The van der Waals surface area contributed by atoms with Gasteiger partial charge in [-0.15, -0.1) is 0 Å². The van der Waals surface area contributed by atoms with E-state index in [-0.39, 0.29) is 23.8 Å². The fraction of sp³-hybridized carbons (Fsp3) is 0.125. The summed E-state index contributed by atoms with van der Waals surface area (Å²) in [6.07, 6.45) is -10.3. The first kappa shape index (κ1) is 20.1. The van der Waals surface area contributed by atoms with Gasteiger partial charge in [0, 0.05) is 5.56 Å². The highest BCUT2D eigenvalue weighted by molar-refractivity contribution is 6.06. The molecule has 0 unspecified atom stereocenters. The molecule has 0 fully saturated rings. The molecular weight excluding hydrogens is 384 g/mol. The number of hydrogen-bond donors (Lipinski definition) is 3. The van der Waals surface area contributed by atoms with E-state index in [1.165, 1.54) is 0 Å². The van der Waals surface area contributed by atoms with Gasteiger partial charge in [-0.25, -0.2) is 4.79 Å². The molecule has 0 aromatic heterocycles. The molecule has 0 aliphatic carbocycles. The molecule has 3 N–H and O–H groups in total. The van der Waals surface area contributed by atoms with Gasteiger partial charge in [-0.3, -0.25) is 4.79 Å². The van der Waals surface area contributed by atoms with E-state index in [0.717, 1.165) is 18.2 Å². The lowest BCUT2D eigenvalue weighted by atomic mass is 10.0. The number of carbonyl (C=O) groups is 2. The zero-order chi connectivity index (χ0) is 20.6. The lowest BCUT2D eigenvalue weighted by Gasteiger charge is -2.14. The molecule has 11 heteroatoms. The lowest BCUT2D eigenvalue weighted by molar-refractivity contribution is -0.143. The maximum atomic E-state index is 12.8. The number of nitrogens with one attached hydrogen (secondary N) is 1. The average molecular weight is 393 g/mol. The number of aromatic carboxylic acids is 1. The third kappa shape index (κ3) is 4.68. The molecule has 2 rings (SSSR count). The van der Waals surface area contributed by atoms with Gasteiger partial charge in [0.25, 0.3) is 5.91 Å². The maximum absolute atomic E-state index is 12.8. The third-order valence-corrected chi connectivity index (χ3v) is 3.34. The van der Waals surface area contributed by atoms with Crippen LogP contribution in [0.5, 0.6) is 5.75 Å². The van der Waals surface area contributed by atoms with Crippen LogP contribution in [-0.2, 0) is 12.4 Å². The van der Waals surface area contributed by atoms with Crippen molar-refractivity contribution in [1.82, 2.24) is 0 Å². The number of carbonyl (C=O) groups excluding carboxylic acids is 1. The van der Waals surface area contributed by atoms with Gasteiger partial charge in [-0.1, -0.05) is 0 Å². The number of phenolic OH excluding ortho intramolecular Hbond substituents is 1. The molecule has 144 valence electrons. The largest absolute Gasteiger partial charge is 0.506 e. The highest BCUT2D eigenvalue weighted by Crippen LogP contribution is 2.36. The second-order valence-corrected chi connectivity index (χ2v) is 5.29. The van der Waals surface area contributed by atoms with Gasteiger partial charge in [-0.05, 0) is 36.4 Å². The predicted octanol–water partition coefficient (Wildman–Crippen LogP) is 4.38. The number of carboxylic acids is 1. The highest BCUT2D eigenvalue weighted by Gasteiger charge is 2.37. The van der Waals surface area contributed by atoms with Gasteiger partial charge in [-0.2, -0.15) is 26.3 Å². The Bertz CT molecular complexity index is 873. The van der Waals surface area contributed by atoms with E-state index in [2.05, 4.69) is 0 Å². The quantitative estimate of drug-likeness (QED) is 0.534. The number of anilines is 1. The Labute approximate surface area is 146 Å². The summed E-state index contributed by atoms with van der Waals surface area (Å²) < 4.78 is 77.0. The Morgan fingerprint density at radius 1 is 0.815 bits per heavy atom. The average Bonchev–Trinajstić information content (AvgIpc) is 2.54. The zero-order valence-corrected chi connectivity index (χ0v) is 12.9. The number of rotatable bonds is 3. The number of alkyl halides is 6. The van der Waals surface area contributed by atoms with Crippen LogP contribution >= 0.6 is 0 Å². The molecule has 0 aliphatic rings. The molecule has 2 aromatic rings. The van der Waals surface area contributed by atoms with Gasteiger partial charge < -0.3 is 15.5 Å². The van der Waals surface area contributed by atoms with Crippen LogP contribution in [-0.4, -0.2) is 22.1 Å². The Morgan fingerprint density at radius 3 is 1.78 bits per heavy atom. The van der Waals surface area contributed by atoms with Crippen molar-refractivity contribution in [2.45, 2.75) is 12.4 Å². The highest BCUT2D eigenvalue weighted by atomic mass is 19.4. The first-order chi connectivity index (χ1) is 12.3. The van der Waals surface area contributed by atoms with E-state index in [1.807, 2.05) is 5.32 Å². The molecule has 0 aliphatic heterocycles. The van der Waals surface area contributed by atoms with Crippen LogP contribution in [0.25, 0.3) is 0 Å². The van der Waals surface area contributed by atoms with Crippen molar-refractivity contribution in [3.05, 3.63) is 58.7 Å². The number of hydrogen-bond acceptors (Lipinski definition) is 3. The van der Waals surface area contributed by atoms with E-state index in [9.17, 15) is 41.0 Å². The molecular formula is C16H9F6NO4. The van der Waals surface area contributed by atoms with E-state index in [1.54, 1.807) is 0 Å². The van der Waals surface area contributed by atoms with E-state index >= 15 is 0 Å². The van der Waals surface area contributed by atoms with E-state index in [0.29, 0.717) is 0 Å². The standard InChI is InChI=1S/C16H9F6NO4/c17-15(18,19)9-3-8(4-10(6-9)16(20,21)22)13(25)23-11-5-7(14(26)27)1-2-12(11)24/h1-6,24H,(H,23,25)(H,26,27). The van der Waals surface area contributed by atoms with Crippen molar-refractivity contribution in [2.75, 3.05) is 5.32 Å². The number of benzene rings is 2. The van der Waals surface area contributed by atoms with Gasteiger partial charge in [0.05, 0.1) is 22.4 Å². The van der Waals surface area contributed by atoms with Crippen LogP contribution in [0.3, 0.4) is 0 Å². The molecule has 2 aromatic carbocycles. The van der Waals surface area contributed by atoms with Crippen LogP contribution in [0, 0.1) is 0 Å². The van der Waals surface area contributed by atoms with E-state index in [4.69, 9.17) is 5.11 Å². The third-order valence-electron chi connectivity index (χ3n) is 3.34. The van der Waals surface area contributed by atoms with Crippen LogP contribution < -0.4 is 5.32 Å². The minimum Gasteiger partial charge on any atom is -0.506 e. The number of halogens is 6. The normalized spacial score (nSPS) is 11.9. The van der Waals surface area contributed by atoms with Gasteiger partial charge in [0.1, 0.15) is 5.75 Å². The molecule has 0 saturated heterocycles. The fourth-order valence-electron chi connectivity index (χ4n) is 2.05. The summed E-state index contributed by atoms with van der Waals surface area (Å²) in [5.74, 6) is -3.45. The molecule has 0 radical (unpaired) electrons. The van der Waals surface area contributed by atoms with Gasteiger partial charge in [0.2, 0.25) is 0 Å². The van der Waals surface area contributed by atoms with Crippen LogP contribution in [0.1, 0.15) is 31.8 Å². The molecule has 0 atom stereocenters. The van der Waals surface area contributed by atoms with Crippen molar-refractivity contribution in [3.8, 4) is 5.75 Å². The molecule has 5 nitrogen and oxygen atoms in total. The fourth-order valence-corrected chi connectivity index (χ4v) is 2.05. The van der Waals surface area contributed by atoms with Gasteiger partial charge in [0.15, 0.2) is 0 Å². The summed E-state index contributed by atoms with van der Waals surface area (Å²) in [6.45, 7) is 0. The second-order valence-electron chi connectivity index (χ2n) is 5.29. The Balaban J connectivity index is 2.47. The number of carboxylic acid groups (broad SMARTS) is 1. The SMILES string of the molecule is O=C(O)c1ccc(O)c(NC(=O)c2cc(C(F)(F)F)cc(C(F)(F)F)c2)c1. The topological polar surface area (TPSA) is 86.6 Å². The second kappa shape index (κ2) is 6.82. The summed E-state index contributed by atoms with van der Waals surface area (Å²) in [6, 6.07) is 2.96. The van der Waals surface area contributed by atoms with Crippen LogP contribution in [0.4, 0.5) is 32.0 Å². The summed E-state index contributed by atoms with van der Waals surface area (Å²) in [4.78, 5) is 23.0. The molecule has 27 heavy (non-hydrogen) atoms. The monoisotopic (exact) mass is 393 g/mol. The first-order valence-corrected chi connectivity index (χ1v) is 6.96. The molecule has 0 spiro atoms. The lowest BCUT2D eigenvalue weighted by Crippen LogP contribution is -2.17. The van der Waals surface area contributed by atoms with Gasteiger partial charge >= 0.3 is 18.3 Å². The van der Waals surface area contributed by atoms with E-state index < -0.39 is 52.4 Å². The Hall–Kier alpha value is -3.24. The van der Waals surface area contributed by atoms with Crippen molar-refractivity contribution in [2.24, 2.45) is 0 Å².